The van der Waals surface area contributed by atoms with E-state index in [0.717, 1.165) is 26.1 Å². The number of ether oxygens (including phenoxy) is 1. The minimum absolute atomic E-state index is 0.151. The molecule has 0 aromatic carbocycles. The van der Waals surface area contributed by atoms with Crippen LogP contribution in [0.15, 0.2) is 12.7 Å². The van der Waals surface area contributed by atoms with Gasteiger partial charge in [0.15, 0.2) is 8.32 Å². The van der Waals surface area contributed by atoms with Crippen LogP contribution in [0, 0.1) is 5.41 Å². The second-order valence-corrected chi connectivity index (χ2v) is 13.4. The highest BCUT2D eigenvalue weighted by atomic mass is 28.4. The fraction of sp³-hybridized carbons (Fsp3) is 0.889. The Balaban J connectivity index is 2.91. The molecule has 1 saturated heterocycles. The minimum atomic E-state index is -1.78. The summed E-state index contributed by atoms with van der Waals surface area (Å²) < 4.78 is 12.7. The molecule has 1 unspecified atom stereocenters. The van der Waals surface area contributed by atoms with E-state index in [9.17, 15) is 0 Å². The van der Waals surface area contributed by atoms with Gasteiger partial charge in [-0.05, 0) is 36.4 Å². The Morgan fingerprint density at radius 3 is 2.05 bits per heavy atom. The van der Waals surface area contributed by atoms with E-state index in [1.54, 1.807) is 0 Å². The van der Waals surface area contributed by atoms with Gasteiger partial charge in [-0.1, -0.05) is 47.6 Å². The first-order valence-corrected chi connectivity index (χ1v) is 10.7. The lowest BCUT2D eigenvalue weighted by Gasteiger charge is -2.44. The van der Waals surface area contributed by atoms with E-state index in [1.165, 1.54) is 0 Å². The van der Waals surface area contributed by atoms with Crippen LogP contribution in [0.5, 0.6) is 0 Å². The molecule has 2 nitrogen and oxygen atoms in total. The topological polar surface area (TPSA) is 18.5 Å². The fourth-order valence-electron chi connectivity index (χ4n) is 4.43. The van der Waals surface area contributed by atoms with Gasteiger partial charge in [0.1, 0.15) is 0 Å². The Morgan fingerprint density at radius 2 is 1.71 bits per heavy atom. The standard InChI is InChI=1S/C18H36O2Si/c1-9-10-18(11-17(8)19-12-18)13-20-21(14(2)3,15(4)5)16(6)7/h9,14-17H,1,10-13H2,2-8H3/t17?,18-/m0/s1. The molecular formula is C18H36O2Si. The third-order valence-corrected chi connectivity index (χ3v) is 11.4. The highest BCUT2D eigenvalue weighted by Gasteiger charge is 2.47. The van der Waals surface area contributed by atoms with E-state index in [2.05, 4.69) is 55.0 Å². The van der Waals surface area contributed by atoms with Crippen LogP contribution in [0.4, 0.5) is 0 Å². The SMILES string of the molecule is C=CC[C@@]1(CO[Si](C(C)C)(C(C)C)C(C)C)COC(C)C1. The van der Waals surface area contributed by atoms with Gasteiger partial charge in [-0.3, -0.25) is 0 Å². The van der Waals surface area contributed by atoms with Crippen LogP contribution in [0.25, 0.3) is 0 Å². The molecule has 1 fully saturated rings. The molecule has 0 N–H and O–H groups in total. The zero-order valence-corrected chi connectivity index (χ0v) is 16.2. The van der Waals surface area contributed by atoms with Crippen molar-refractivity contribution < 1.29 is 9.16 Å². The molecular weight excluding hydrogens is 276 g/mol. The molecule has 124 valence electrons. The van der Waals surface area contributed by atoms with Crippen molar-refractivity contribution >= 4 is 8.32 Å². The largest absolute Gasteiger partial charge is 0.415 e. The maximum atomic E-state index is 6.81. The molecule has 2 atom stereocenters. The van der Waals surface area contributed by atoms with Gasteiger partial charge in [-0.2, -0.15) is 0 Å². The molecule has 1 rings (SSSR count). The molecule has 0 saturated carbocycles. The van der Waals surface area contributed by atoms with Gasteiger partial charge in [0, 0.05) is 12.0 Å². The number of hydrogen-bond donors (Lipinski definition) is 0. The summed E-state index contributed by atoms with van der Waals surface area (Å²) in [7, 11) is -1.78. The van der Waals surface area contributed by atoms with Crippen LogP contribution >= 0.6 is 0 Å². The van der Waals surface area contributed by atoms with E-state index in [4.69, 9.17) is 9.16 Å². The van der Waals surface area contributed by atoms with Gasteiger partial charge in [0.05, 0.1) is 12.7 Å². The van der Waals surface area contributed by atoms with Crippen LogP contribution in [-0.2, 0) is 9.16 Å². The predicted molar refractivity (Wildman–Crippen MR) is 94.3 cm³/mol. The Hall–Kier alpha value is -0.123. The molecule has 0 radical (unpaired) electrons. The maximum Gasteiger partial charge on any atom is 0.200 e. The molecule has 0 aliphatic carbocycles. The highest BCUT2D eigenvalue weighted by molar-refractivity contribution is 6.77. The molecule has 1 aliphatic heterocycles. The monoisotopic (exact) mass is 312 g/mol. The number of hydrogen-bond acceptors (Lipinski definition) is 2. The third-order valence-electron chi connectivity index (χ3n) is 5.31. The fourth-order valence-corrected chi connectivity index (χ4v) is 9.99. The van der Waals surface area contributed by atoms with Crippen molar-refractivity contribution in [3.63, 3.8) is 0 Å². The molecule has 0 aromatic rings. The van der Waals surface area contributed by atoms with Crippen molar-refractivity contribution in [2.75, 3.05) is 13.2 Å². The van der Waals surface area contributed by atoms with Crippen molar-refractivity contribution in [1.29, 1.82) is 0 Å². The number of allylic oxidation sites excluding steroid dienone is 1. The van der Waals surface area contributed by atoms with E-state index < -0.39 is 8.32 Å². The molecule has 3 heteroatoms. The van der Waals surface area contributed by atoms with E-state index in [1.807, 2.05) is 6.08 Å². The Bertz CT molecular complexity index is 316. The van der Waals surface area contributed by atoms with Crippen molar-refractivity contribution in [1.82, 2.24) is 0 Å². The van der Waals surface area contributed by atoms with Gasteiger partial charge in [-0.15, -0.1) is 6.58 Å². The van der Waals surface area contributed by atoms with Crippen molar-refractivity contribution in [3.05, 3.63) is 12.7 Å². The molecule has 0 aromatic heterocycles. The summed E-state index contributed by atoms with van der Waals surface area (Å²) in [5, 5.41) is 0. The van der Waals surface area contributed by atoms with Crippen LogP contribution in [0.1, 0.15) is 61.3 Å². The molecule has 0 spiro atoms. The summed E-state index contributed by atoms with van der Waals surface area (Å²) in [5.74, 6) is 0. The molecule has 0 amide bonds. The van der Waals surface area contributed by atoms with Gasteiger partial charge >= 0.3 is 0 Å². The maximum absolute atomic E-state index is 6.81. The lowest BCUT2D eigenvalue weighted by Crippen LogP contribution is -2.50. The van der Waals surface area contributed by atoms with E-state index in [0.29, 0.717) is 22.7 Å². The van der Waals surface area contributed by atoms with Gasteiger partial charge in [0.2, 0.25) is 0 Å². The smallest absolute Gasteiger partial charge is 0.200 e. The van der Waals surface area contributed by atoms with Crippen LogP contribution in [0.2, 0.25) is 16.6 Å². The zero-order valence-electron chi connectivity index (χ0n) is 15.2. The second kappa shape index (κ2) is 7.43. The first-order valence-electron chi connectivity index (χ1n) is 8.56. The molecule has 21 heavy (non-hydrogen) atoms. The van der Waals surface area contributed by atoms with E-state index in [-0.39, 0.29) is 5.41 Å². The van der Waals surface area contributed by atoms with Crippen LogP contribution in [0.3, 0.4) is 0 Å². The third kappa shape index (κ3) is 3.99. The Morgan fingerprint density at radius 1 is 1.19 bits per heavy atom. The van der Waals surface area contributed by atoms with Crippen molar-refractivity contribution in [2.45, 2.75) is 84.0 Å². The van der Waals surface area contributed by atoms with Gasteiger partial charge in [0.25, 0.3) is 0 Å². The van der Waals surface area contributed by atoms with Gasteiger partial charge in [-0.25, -0.2) is 0 Å². The predicted octanol–water partition coefficient (Wildman–Crippen LogP) is 5.55. The summed E-state index contributed by atoms with van der Waals surface area (Å²) in [6.45, 7) is 21.9. The molecule has 0 bridgehead atoms. The normalized spacial score (nSPS) is 27.0. The van der Waals surface area contributed by atoms with Crippen molar-refractivity contribution in [2.24, 2.45) is 5.41 Å². The zero-order chi connectivity index (χ0) is 16.3. The van der Waals surface area contributed by atoms with Gasteiger partial charge < -0.3 is 9.16 Å². The first-order chi connectivity index (χ1) is 9.70. The average molecular weight is 313 g/mol. The molecule has 1 heterocycles. The lowest BCUT2D eigenvalue weighted by atomic mass is 9.83. The minimum Gasteiger partial charge on any atom is -0.415 e. The average Bonchev–Trinajstić information content (AvgIpc) is 2.71. The summed E-state index contributed by atoms with van der Waals surface area (Å²) in [4.78, 5) is 0. The summed E-state index contributed by atoms with van der Waals surface area (Å²) in [6, 6.07) is 0. The Kier molecular flexibility index (Phi) is 6.70. The summed E-state index contributed by atoms with van der Waals surface area (Å²) in [5.41, 5.74) is 2.06. The Labute approximate surface area is 133 Å². The second-order valence-electron chi connectivity index (χ2n) is 7.92. The van der Waals surface area contributed by atoms with Crippen LogP contribution < -0.4 is 0 Å². The van der Waals surface area contributed by atoms with Crippen LogP contribution in [-0.4, -0.2) is 27.6 Å². The number of rotatable bonds is 8. The van der Waals surface area contributed by atoms with Crippen molar-refractivity contribution in [3.8, 4) is 0 Å². The highest BCUT2D eigenvalue weighted by Crippen LogP contribution is 2.45. The lowest BCUT2D eigenvalue weighted by molar-refractivity contribution is 0.0803. The summed E-state index contributed by atoms with van der Waals surface area (Å²) in [6.07, 6.45) is 4.48. The first kappa shape index (κ1) is 18.9. The molecule has 1 aliphatic rings. The summed E-state index contributed by atoms with van der Waals surface area (Å²) >= 11 is 0. The van der Waals surface area contributed by atoms with E-state index >= 15 is 0 Å². The quantitative estimate of drug-likeness (QED) is 0.432.